The van der Waals surface area contributed by atoms with E-state index < -0.39 is 0 Å². The predicted octanol–water partition coefficient (Wildman–Crippen LogP) is 4.36. The molecule has 1 heterocycles. The molecule has 2 aromatic carbocycles. The zero-order valence-electron chi connectivity index (χ0n) is 12.3. The summed E-state index contributed by atoms with van der Waals surface area (Å²) in [5.41, 5.74) is 7.39. The molecule has 0 unspecified atom stereocenters. The van der Waals surface area contributed by atoms with Crippen molar-refractivity contribution in [2.45, 2.75) is 20.8 Å². The summed E-state index contributed by atoms with van der Waals surface area (Å²) in [6.45, 7) is 6.39. The molecular formula is C19H19N. The van der Waals surface area contributed by atoms with Crippen molar-refractivity contribution in [1.82, 2.24) is 0 Å². The van der Waals surface area contributed by atoms with Crippen LogP contribution in [0.25, 0.3) is 22.2 Å². The van der Waals surface area contributed by atoms with Gasteiger partial charge in [0, 0.05) is 7.05 Å². The van der Waals surface area contributed by atoms with Gasteiger partial charge in [-0.05, 0) is 49.4 Å². The highest BCUT2D eigenvalue weighted by Crippen LogP contribution is 2.24. The third kappa shape index (κ3) is 2.05. The van der Waals surface area contributed by atoms with Gasteiger partial charge in [0.25, 0.3) is 0 Å². The van der Waals surface area contributed by atoms with Crippen molar-refractivity contribution in [3.63, 3.8) is 0 Å². The fraction of sp³-hybridized carbons (Fsp3) is 0.158. The molecule has 0 radical (unpaired) electrons. The highest BCUT2D eigenvalue weighted by Gasteiger charge is 2.09. The summed E-state index contributed by atoms with van der Waals surface area (Å²) < 4.78 is 2.05. The van der Waals surface area contributed by atoms with Crippen LogP contribution < -0.4 is 4.57 Å². The largest absolute Gasteiger partial charge is 0.326 e. The number of hydrogen-bond donors (Lipinski definition) is 0. The van der Waals surface area contributed by atoms with Gasteiger partial charge in [-0.15, -0.1) is 0 Å². The molecule has 0 fully saturated rings. The van der Waals surface area contributed by atoms with Gasteiger partial charge in [-0.1, -0.05) is 47.5 Å². The molecule has 1 heteroatoms. The number of hydrogen-bond acceptors (Lipinski definition) is 0. The van der Waals surface area contributed by atoms with Gasteiger partial charge in [0.05, 0.1) is 0 Å². The van der Waals surface area contributed by atoms with Crippen LogP contribution in [0, 0.1) is 27.8 Å². The molecule has 1 nitrogen and oxygen atoms in total. The van der Waals surface area contributed by atoms with E-state index >= 15 is 0 Å². The second kappa shape index (κ2) is 4.68. The van der Waals surface area contributed by atoms with Gasteiger partial charge in [-0.2, -0.15) is 0 Å². The van der Waals surface area contributed by atoms with Crippen LogP contribution in [0.4, 0.5) is 0 Å². The lowest BCUT2D eigenvalue weighted by atomic mass is 10.0. The first kappa shape index (κ1) is 12.7. The second-order valence-electron chi connectivity index (χ2n) is 5.53. The average molecular weight is 261 g/mol. The predicted molar refractivity (Wildman–Crippen MR) is 84.5 cm³/mol. The molecule has 0 atom stereocenters. The molecular weight excluding hydrogens is 242 g/mol. The summed E-state index contributed by atoms with van der Waals surface area (Å²) in [4.78, 5) is 0. The van der Waals surface area contributed by atoms with Crippen molar-refractivity contribution in [2.75, 3.05) is 0 Å². The lowest BCUT2D eigenvalue weighted by molar-refractivity contribution is -0.572. The Bertz CT molecular complexity index is 800. The van der Waals surface area contributed by atoms with Gasteiger partial charge in [-0.25, -0.2) is 0 Å². The summed E-state index contributed by atoms with van der Waals surface area (Å²) in [5, 5.41) is 1.22. The Morgan fingerprint density at radius 1 is 0.800 bits per heavy atom. The quantitative estimate of drug-likeness (QED) is 0.452. The Morgan fingerprint density at radius 3 is 2.25 bits per heavy atom. The lowest BCUT2D eigenvalue weighted by Gasteiger charge is -2.14. The van der Waals surface area contributed by atoms with Crippen LogP contribution in [-0.4, -0.2) is 0 Å². The molecule has 0 amide bonds. The van der Waals surface area contributed by atoms with Crippen molar-refractivity contribution in [1.29, 1.82) is 0 Å². The van der Waals surface area contributed by atoms with Gasteiger partial charge in [0.2, 0.25) is 0 Å². The molecule has 3 aromatic rings. The third-order valence-corrected chi connectivity index (χ3v) is 3.86. The summed E-state index contributed by atoms with van der Waals surface area (Å²) in [5.74, 6) is 0. The van der Waals surface area contributed by atoms with Crippen LogP contribution in [0.1, 0.15) is 16.7 Å². The molecule has 0 N–H and O–H groups in total. The smallest absolute Gasteiger partial charge is 0.112 e. The summed E-state index contributed by atoms with van der Waals surface area (Å²) in [6.07, 6.45) is 0. The Morgan fingerprint density at radius 2 is 1.45 bits per heavy atom. The van der Waals surface area contributed by atoms with Crippen LogP contribution in [0.15, 0.2) is 48.5 Å². The summed E-state index contributed by atoms with van der Waals surface area (Å²) in [6, 6.07) is 17.4. The van der Waals surface area contributed by atoms with E-state index in [4.69, 9.17) is 0 Å². The number of benzene rings is 2. The Balaban J connectivity index is 2.32. The first-order chi connectivity index (χ1) is 9.56. The maximum absolute atomic E-state index is 4.25. The maximum atomic E-state index is 4.25. The number of nitrogens with zero attached hydrogens (tertiary/aromatic N) is 1. The Kier molecular flexibility index (Phi) is 2.98. The Hall–Kier alpha value is -2.28. The Labute approximate surface area is 120 Å². The first-order valence-electron chi connectivity index (χ1n) is 6.90. The van der Waals surface area contributed by atoms with E-state index in [1.165, 1.54) is 33.2 Å². The van der Waals surface area contributed by atoms with Crippen LogP contribution >= 0.6 is 0 Å². The van der Waals surface area contributed by atoms with Crippen molar-refractivity contribution < 1.29 is 4.57 Å². The maximum Gasteiger partial charge on any atom is 0.112 e. The topological polar surface area (TPSA) is 3.88 Å². The molecule has 0 saturated carbocycles. The van der Waals surface area contributed by atoms with E-state index in [1.807, 2.05) is 4.57 Å². The molecule has 0 aliphatic carbocycles. The number of fused-ring (bicyclic) bond motifs is 1. The highest BCUT2D eigenvalue weighted by atomic mass is 14.9. The molecule has 100 valence electrons. The van der Waals surface area contributed by atoms with Gasteiger partial charge >= 0.3 is 0 Å². The molecule has 1 aromatic heterocycles. The monoisotopic (exact) mass is 261 g/mol. The molecule has 0 spiro atoms. The number of rotatable bonds is 1. The molecule has 0 saturated heterocycles. The number of aromatic nitrogens is 1. The number of pyridine rings is 1. The van der Waals surface area contributed by atoms with Crippen LogP contribution in [0.5, 0.6) is 0 Å². The van der Waals surface area contributed by atoms with Crippen LogP contribution in [0.3, 0.4) is 0 Å². The van der Waals surface area contributed by atoms with E-state index in [-0.39, 0.29) is 0 Å². The fourth-order valence-corrected chi connectivity index (χ4v) is 2.66. The third-order valence-electron chi connectivity index (χ3n) is 3.86. The second-order valence-corrected chi connectivity index (χ2v) is 5.53. The van der Waals surface area contributed by atoms with Gasteiger partial charge in [0.1, 0.15) is 11.2 Å². The molecule has 0 bridgehead atoms. The van der Waals surface area contributed by atoms with E-state index in [2.05, 4.69) is 76.3 Å². The lowest BCUT2D eigenvalue weighted by Crippen LogP contribution is -2.29. The molecule has 0 aliphatic rings. The van der Waals surface area contributed by atoms with Crippen LogP contribution in [-0.2, 0) is 0 Å². The van der Waals surface area contributed by atoms with E-state index in [1.54, 1.807) is 0 Å². The van der Waals surface area contributed by atoms with Crippen LogP contribution in [0.2, 0.25) is 0 Å². The summed E-state index contributed by atoms with van der Waals surface area (Å²) in [7, 11) is 4.25. The SMILES string of the molecule is [CH2-][n+]1c(-c2cc(C)ccc2C)ccc2ccc(C)cc21. The zero-order valence-corrected chi connectivity index (χ0v) is 12.3. The van der Waals surface area contributed by atoms with Gasteiger partial charge in [-0.3, -0.25) is 0 Å². The minimum Gasteiger partial charge on any atom is -0.326 e. The number of aryl methyl sites for hydroxylation is 3. The summed E-state index contributed by atoms with van der Waals surface area (Å²) >= 11 is 0. The van der Waals surface area contributed by atoms with E-state index in [0.29, 0.717) is 0 Å². The van der Waals surface area contributed by atoms with Crippen molar-refractivity contribution in [3.8, 4) is 11.3 Å². The minimum absolute atomic E-state index is 1.16. The average Bonchev–Trinajstić information content (AvgIpc) is 2.43. The molecule has 3 rings (SSSR count). The van der Waals surface area contributed by atoms with Crippen molar-refractivity contribution in [2.24, 2.45) is 0 Å². The highest BCUT2D eigenvalue weighted by molar-refractivity contribution is 5.78. The first-order valence-corrected chi connectivity index (χ1v) is 6.90. The van der Waals surface area contributed by atoms with Gasteiger partial charge in [0.15, 0.2) is 0 Å². The van der Waals surface area contributed by atoms with Gasteiger partial charge < -0.3 is 4.57 Å². The molecule has 20 heavy (non-hydrogen) atoms. The van der Waals surface area contributed by atoms with Crippen molar-refractivity contribution in [3.05, 3.63) is 72.3 Å². The fourth-order valence-electron chi connectivity index (χ4n) is 2.66. The zero-order chi connectivity index (χ0) is 14.3. The molecule has 0 aliphatic heterocycles. The normalized spacial score (nSPS) is 10.9. The minimum atomic E-state index is 1.16. The standard InChI is InChI=1S/C19H19N/c1-13-5-7-15(3)17(11-13)18-10-9-16-8-6-14(2)12-19(16)20(18)4/h5-12H,4H2,1-3H3. The van der Waals surface area contributed by atoms with E-state index in [9.17, 15) is 0 Å². The van der Waals surface area contributed by atoms with E-state index in [0.717, 1.165) is 5.69 Å². The van der Waals surface area contributed by atoms with Crippen molar-refractivity contribution >= 4 is 10.9 Å².